The highest BCUT2D eigenvalue weighted by molar-refractivity contribution is 6.30. The number of halogens is 1. The molecule has 0 spiro atoms. The molecule has 0 atom stereocenters. The lowest BCUT2D eigenvalue weighted by molar-refractivity contribution is 0.102. The zero-order valence-electron chi connectivity index (χ0n) is 13.3. The summed E-state index contributed by atoms with van der Waals surface area (Å²) in [6, 6.07) is 10.5. The number of carbonyl (C=O) groups excluding carboxylic acids is 1. The Morgan fingerprint density at radius 2 is 1.83 bits per heavy atom. The number of nitrogens with one attached hydrogen (secondary N) is 2. The largest absolute Gasteiger partial charge is 0.384 e. The Bertz CT molecular complexity index is 626. The van der Waals surface area contributed by atoms with Crippen LogP contribution < -0.4 is 10.6 Å². The number of nitrogens with zero attached hydrogens (tertiary/aromatic N) is 2. The molecular formula is C17H21ClN4O. The third-order valence-electron chi connectivity index (χ3n) is 3.21. The molecule has 0 aliphatic carbocycles. The van der Waals surface area contributed by atoms with E-state index in [4.69, 9.17) is 11.6 Å². The second-order valence-electron chi connectivity index (χ2n) is 5.48. The van der Waals surface area contributed by atoms with Crippen LogP contribution >= 0.6 is 11.6 Å². The topological polar surface area (TPSA) is 57.3 Å². The average molecular weight is 333 g/mol. The summed E-state index contributed by atoms with van der Waals surface area (Å²) in [6.07, 6.45) is 2.72. The van der Waals surface area contributed by atoms with Gasteiger partial charge in [-0.2, -0.15) is 0 Å². The van der Waals surface area contributed by atoms with Gasteiger partial charge in [-0.25, -0.2) is 4.98 Å². The second kappa shape index (κ2) is 8.50. The second-order valence-corrected chi connectivity index (χ2v) is 5.91. The van der Waals surface area contributed by atoms with Crippen molar-refractivity contribution in [1.82, 2.24) is 9.88 Å². The SMILES string of the molecule is CN(C)CCCNc1ccc(C(=O)Nc2ccc(Cl)cc2)nc1. The Morgan fingerprint density at radius 1 is 1.13 bits per heavy atom. The van der Waals surface area contributed by atoms with E-state index in [2.05, 4.69) is 34.6 Å². The first kappa shape index (κ1) is 17.2. The molecule has 0 bridgehead atoms. The van der Waals surface area contributed by atoms with Gasteiger partial charge in [-0.05, 0) is 63.5 Å². The molecule has 2 aromatic rings. The van der Waals surface area contributed by atoms with Gasteiger partial charge in [-0.15, -0.1) is 0 Å². The van der Waals surface area contributed by atoms with Crippen LogP contribution in [0.15, 0.2) is 42.6 Å². The van der Waals surface area contributed by atoms with Crippen LogP contribution in [-0.4, -0.2) is 43.0 Å². The predicted octanol–water partition coefficient (Wildman–Crippen LogP) is 3.35. The van der Waals surface area contributed by atoms with E-state index in [1.807, 2.05) is 6.07 Å². The van der Waals surface area contributed by atoms with E-state index in [1.165, 1.54) is 0 Å². The van der Waals surface area contributed by atoms with Crippen molar-refractivity contribution >= 4 is 28.9 Å². The minimum atomic E-state index is -0.244. The van der Waals surface area contributed by atoms with Gasteiger partial charge in [0, 0.05) is 17.3 Å². The number of hydrogen-bond donors (Lipinski definition) is 2. The highest BCUT2D eigenvalue weighted by atomic mass is 35.5. The highest BCUT2D eigenvalue weighted by Gasteiger charge is 2.07. The normalized spacial score (nSPS) is 10.6. The van der Waals surface area contributed by atoms with Crippen molar-refractivity contribution in [1.29, 1.82) is 0 Å². The van der Waals surface area contributed by atoms with Crippen molar-refractivity contribution in [3.05, 3.63) is 53.3 Å². The van der Waals surface area contributed by atoms with Gasteiger partial charge in [0.2, 0.25) is 0 Å². The zero-order chi connectivity index (χ0) is 16.7. The molecule has 122 valence electrons. The maximum atomic E-state index is 12.1. The Balaban J connectivity index is 1.86. The quantitative estimate of drug-likeness (QED) is 0.763. The lowest BCUT2D eigenvalue weighted by Gasteiger charge is -2.10. The molecule has 5 nitrogen and oxygen atoms in total. The van der Waals surface area contributed by atoms with Gasteiger partial charge in [-0.1, -0.05) is 11.6 Å². The molecule has 1 aromatic heterocycles. The van der Waals surface area contributed by atoms with Crippen molar-refractivity contribution in [3.63, 3.8) is 0 Å². The van der Waals surface area contributed by atoms with Crippen LogP contribution in [0.4, 0.5) is 11.4 Å². The lowest BCUT2D eigenvalue weighted by atomic mass is 10.2. The van der Waals surface area contributed by atoms with Gasteiger partial charge in [0.15, 0.2) is 0 Å². The number of benzene rings is 1. The van der Waals surface area contributed by atoms with Crippen LogP contribution in [-0.2, 0) is 0 Å². The fraction of sp³-hybridized carbons (Fsp3) is 0.294. The molecule has 0 unspecified atom stereocenters. The molecular weight excluding hydrogens is 312 g/mol. The van der Waals surface area contributed by atoms with E-state index in [0.717, 1.165) is 25.2 Å². The number of anilines is 2. The first-order chi connectivity index (χ1) is 11.0. The fourth-order valence-corrected chi connectivity index (χ4v) is 2.12. The van der Waals surface area contributed by atoms with Gasteiger partial charge in [0.05, 0.1) is 11.9 Å². The summed E-state index contributed by atoms with van der Waals surface area (Å²) in [5.74, 6) is -0.244. The first-order valence-electron chi connectivity index (χ1n) is 7.46. The number of rotatable bonds is 7. The molecule has 1 heterocycles. The van der Waals surface area contributed by atoms with Crippen LogP contribution in [0.25, 0.3) is 0 Å². The van der Waals surface area contributed by atoms with Gasteiger partial charge in [0.25, 0.3) is 5.91 Å². The van der Waals surface area contributed by atoms with Crippen LogP contribution in [0.1, 0.15) is 16.9 Å². The maximum Gasteiger partial charge on any atom is 0.274 e. The fourth-order valence-electron chi connectivity index (χ4n) is 1.99. The minimum absolute atomic E-state index is 0.244. The molecule has 0 fully saturated rings. The van der Waals surface area contributed by atoms with E-state index in [9.17, 15) is 4.79 Å². The van der Waals surface area contributed by atoms with Crippen LogP contribution in [0.2, 0.25) is 5.02 Å². The molecule has 0 radical (unpaired) electrons. The van der Waals surface area contributed by atoms with Crippen LogP contribution in [0, 0.1) is 0 Å². The molecule has 23 heavy (non-hydrogen) atoms. The molecule has 2 N–H and O–H groups in total. The number of pyridine rings is 1. The monoisotopic (exact) mass is 332 g/mol. The molecule has 1 amide bonds. The van der Waals surface area contributed by atoms with E-state index in [0.29, 0.717) is 16.4 Å². The summed E-state index contributed by atoms with van der Waals surface area (Å²) in [5, 5.41) is 6.70. The Morgan fingerprint density at radius 3 is 2.43 bits per heavy atom. The van der Waals surface area contributed by atoms with E-state index in [1.54, 1.807) is 36.5 Å². The zero-order valence-corrected chi connectivity index (χ0v) is 14.1. The summed E-state index contributed by atoms with van der Waals surface area (Å²) in [7, 11) is 4.10. The number of hydrogen-bond acceptors (Lipinski definition) is 4. The average Bonchev–Trinajstić information content (AvgIpc) is 2.54. The highest BCUT2D eigenvalue weighted by Crippen LogP contribution is 2.14. The first-order valence-corrected chi connectivity index (χ1v) is 7.84. The summed E-state index contributed by atoms with van der Waals surface area (Å²) in [6.45, 7) is 1.90. The molecule has 2 rings (SSSR count). The minimum Gasteiger partial charge on any atom is -0.384 e. The summed E-state index contributed by atoms with van der Waals surface area (Å²) < 4.78 is 0. The van der Waals surface area contributed by atoms with Gasteiger partial charge in [0.1, 0.15) is 5.69 Å². The Labute approximate surface area is 141 Å². The third kappa shape index (κ3) is 5.88. The van der Waals surface area contributed by atoms with Crippen LogP contribution in [0.5, 0.6) is 0 Å². The molecule has 0 saturated heterocycles. The van der Waals surface area contributed by atoms with Crippen molar-refractivity contribution in [2.24, 2.45) is 0 Å². The van der Waals surface area contributed by atoms with Crippen molar-refractivity contribution in [2.45, 2.75) is 6.42 Å². The molecule has 1 aromatic carbocycles. The molecule has 6 heteroatoms. The summed E-state index contributed by atoms with van der Waals surface area (Å²) in [5.41, 5.74) is 1.97. The number of amides is 1. The van der Waals surface area contributed by atoms with Gasteiger partial charge < -0.3 is 15.5 Å². The van der Waals surface area contributed by atoms with E-state index in [-0.39, 0.29) is 5.91 Å². The lowest BCUT2D eigenvalue weighted by Crippen LogP contribution is -2.16. The number of carbonyl (C=O) groups is 1. The molecule has 0 saturated carbocycles. The van der Waals surface area contributed by atoms with Gasteiger partial charge >= 0.3 is 0 Å². The smallest absolute Gasteiger partial charge is 0.274 e. The van der Waals surface area contributed by atoms with E-state index >= 15 is 0 Å². The van der Waals surface area contributed by atoms with Crippen molar-refractivity contribution in [2.75, 3.05) is 37.8 Å². The van der Waals surface area contributed by atoms with Gasteiger partial charge in [-0.3, -0.25) is 4.79 Å². The summed E-state index contributed by atoms with van der Waals surface area (Å²) in [4.78, 5) is 18.5. The number of aromatic nitrogens is 1. The summed E-state index contributed by atoms with van der Waals surface area (Å²) >= 11 is 5.82. The molecule has 0 aliphatic heterocycles. The standard InChI is InChI=1S/C17H21ClN4O/c1-22(2)11-3-10-19-15-8-9-16(20-12-15)17(23)21-14-6-4-13(18)5-7-14/h4-9,12,19H,3,10-11H2,1-2H3,(H,21,23). The molecule has 0 aliphatic rings. The Kier molecular flexibility index (Phi) is 6.38. The van der Waals surface area contributed by atoms with Crippen molar-refractivity contribution in [3.8, 4) is 0 Å². The maximum absolute atomic E-state index is 12.1. The van der Waals surface area contributed by atoms with Crippen molar-refractivity contribution < 1.29 is 4.79 Å². The third-order valence-corrected chi connectivity index (χ3v) is 3.46. The Hall–Kier alpha value is -2.11. The van der Waals surface area contributed by atoms with Crippen LogP contribution in [0.3, 0.4) is 0 Å². The van der Waals surface area contributed by atoms with E-state index < -0.39 is 0 Å². The predicted molar refractivity (Wildman–Crippen MR) is 95.3 cm³/mol.